The lowest BCUT2D eigenvalue weighted by Crippen LogP contribution is -2.56. The molecule has 1 aliphatic heterocycles. The quantitative estimate of drug-likeness (QED) is 0.417. The van der Waals surface area contributed by atoms with Crippen LogP contribution in [0.1, 0.15) is 18.4 Å². The second-order valence-electron chi connectivity index (χ2n) is 4.77. The maximum atomic E-state index is 11.4. The number of anilines is 3. The molecular formula is C11H17N7O2. The van der Waals surface area contributed by atoms with E-state index in [0.29, 0.717) is 24.3 Å². The van der Waals surface area contributed by atoms with Gasteiger partial charge in [-0.3, -0.25) is 4.79 Å². The number of piperidine rings is 1. The first-order valence-corrected chi connectivity index (χ1v) is 6.08. The van der Waals surface area contributed by atoms with Gasteiger partial charge in [0.2, 0.25) is 5.95 Å². The molecule has 1 saturated heterocycles. The lowest BCUT2D eigenvalue weighted by molar-refractivity contribution is -0.137. The number of nitrogens with two attached hydrogens (primary N) is 3. The summed E-state index contributed by atoms with van der Waals surface area (Å²) >= 11 is 0. The molecular weight excluding hydrogens is 262 g/mol. The SMILES string of the molecule is N=Cc1c(N)nc(N)nc1N1CCCC(O)(C(N)=O)C1. The highest BCUT2D eigenvalue weighted by molar-refractivity contribution is 5.91. The van der Waals surface area contributed by atoms with Crippen LogP contribution in [0.4, 0.5) is 17.6 Å². The Bertz CT molecular complexity index is 562. The Hall–Kier alpha value is -2.42. The third-order valence-electron chi connectivity index (χ3n) is 3.35. The third-order valence-corrected chi connectivity index (χ3v) is 3.35. The fourth-order valence-corrected chi connectivity index (χ4v) is 2.29. The Morgan fingerprint density at radius 2 is 2.15 bits per heavy atom. The number of carbonyl (C=O) groups is 1. The fraction of sp³-hybridized carbons (Fsp3) is 0.455. The lowest BCUT2D eigenvalue weighted by Gasteiger charge is -2.38. The number of aliphatic hydroxyl groups is 1. The van der Waals surface area contributed by atoms with Crippen LogP contribution < -0.4 is 22.1 Å². The van der Waals surface area contributed by atoms with E-state index in [-0.39, 0.29) is 24.7 Å². The minimum atomic E-state index is -1.62. The molecule has 1 unspecified atom stereocenters. The maximum absolute atomic E-state index is 11.4. The van der Waals surface area contributed by atoms with Crippen molar-refractivity contribution in [2.75, 3.05) is 29.5 Å². The molecule has 9 nitrogen and oxygen atoms in total. The first kappa shape index (κ1) is 14.0. The number of rotatable bonds is 3. The minimum absolute atomic E-state index is 0.0148. The van der Waals surface area contributed by atoms with Crippen LogP contribution in [0.25, 0.3) is 0 Å². The summed E-state index contributed by atoms with van der Waals surface area (Å²) in [4.78, 5) is 20.8. The third kappa shape index (κ3) is 2.35. The van der Waals surface area contributed by atoms with Gasteiger partial charge < -0.3 is 32.6 Å². The molecule has 1 atom stereocenters. The molecule has 0 aromatic carbocycles. The van der Waals surface area contributed by atoms with Crippen molar-refractivity contribution in [3.05, 3.63) is 5.56 Å². The largest absolute Gasteiger partial charge is 0.383 e. The molecule has 0 aliphatic carbocycles. The zero-order valence-electron chi connectivity index (χ0n) is 10.8. The standard InChI is InChI=1S/C11H17N7O2/c12-4-6-7(13)16-10(15)17-8(6)18-3-1-2-11(20,5-18)9(14)19/h4,12,20H,1-3,5H2,(H2,14,19)(H4,13,15,16,17). The van der Waals surface area contributed by atoms with Crippen molar-refractivity contribution >= 4 is 29.7 Å². The van der Waals surface area contributed by atoms with Crippen molar-refractivity contribution in [1.82, 2.24) is 9.97 Å². The second-order valence-corrected chi connectivity index (χ2v) is 4.77. The highest BCUT2D eigenvalue weighted by atomic mass is 16.3. The van der Waals surface area contributed by atoms with Crippen LogP contribution in [0.2, 0.25) is 0 Å². The molecule has 20 heavy (non-hydrogen) atoms. The molecule has 108 valence electrons. The van der Waals surface area contributed by atoms with Crippen LogP contribution in [-0.4, -0.2) is 45.9 Å². The van der Waals surface area contributed by atoms with E-state index in [1.54, 1.807) is 4.90 Å². The topological polar surface area (TPSA) is 168 Å². The number of nitrogens with zero attached hydrogens (tertiary/aromatic N) is 3. The predicted octanol–water partition coefficient (Wildman–Crippen LogP) is -1.54. The van der Waals surface area contributed by atoms with Crippen LogP contribution in [-0.2, 0) is 4.79 Å². The van der Waals surface area contributed by atoms with Gasteiger partial charge in [-0.05, 0) is 12.8 Å². The second kappa shape index (κ2) is 4.93. The maximum Gasteiger partial charge on any atom is 0.251 e. The van der Waals surface area contributed by atoms with E-state index in [1.165, 1.54) is 0 Å². The van der Waals surface area contributed by atoms with Crippen molar-refractivity contribution in [2.45, 2.75) is 18.4 Å². The minimum Gasteiger partial charge on any atom is -0.383 e. The van der Waals surface area contributed by atoms with Gasteiger partial charge in [-0.15, -0.1) is 0 Å². The molecule has 1 fully saturated rings. The zero-order valence-corrected chi connectivity index (χ0v) is 10.8. The highest BCUT2D eigenvalue weighted by Gasteiger charge is 2.39. The molecule has 8 N–H and O–H groups in total. The molecule has 2 rings (SSSR count). The monoisotopic (exact) mass is 279 g/mol. The summed E-state index contributed by atoms with van der Waals surface area (Å²) in [5.41, 5.74) is 15.2. The molecule has 1 aromatic heterocycles. The van der Waals surface area contributed by atoms with Crippen molar-refractivity contribution < 1.29 is 9.90 Å². The van der Waals surface area contributed by atoms with Crippen LogP contribution in [0, 0.1) is 5.41 Å². The van der Waals surface area contributed by atoms with Crippen LogP contribution >= 0.6 is 0 Å². The Morgan fingerprint density at radius 3 is 2.75 bits per heavy atom. The number of hydrogen-bond donors (Lipinski definition) is 5. The molecule has 1 amide bonds. The first-order chi connectivity index (χ1) is 9.37. The molecule has 0 saturated carbocycles. The summed E-state index contributed by atoms with van der Waals surface area (Å²) < 4.78 is 0. The number of primary amides is 1. The Morgan fingerprint density at radius 1 is 1.45 bits per heavy atom. The van der Waals surface area contributed by atoms with Crippen molar-refractivity contribution in [3.63, 3.8) is 0 Å². The van der Waals surface area contributed by atoms with Gasteiger partial charge in [-0.2, -0.15) is 9.97 Å². The van der Waals surface area contributed by atoms with E-state index in [1.807, 2.05) is 0 Å². The molecule has 9 heteroatoms. The van der Waals surface area contributed by atoms with E-state index in [2.05, 4.69) is 9.97 Å². The molecule has 0 bridgehead atoms. The molecule has 0 spiro atoms. The highest BCUT2D eigenvalue weighted by Crippen LogP contribution is 2.28. The normalized spacial score (nSPS) is 22.6. The van der Waals surface area contributed by atoms with Crippen molar-refractivity contribution in [1.29, 1.82) is 5.41 Å². The van der Waals surface area contributed by atoms with E-state index < -0.39 is 11.5 Å². The van der Waals surface area contributed by atoms with Gasteiger partial charge in [-0.25, -0.2) is 0 Å². The van der Waals surface area contributed by atoms with Crippen molar-refractivity contribution in [3.8, 4) is 0 Å². The number of nitrogens with one attached hydrogen (secondary N) is 1. The van der Waals surface area contributed by atoms with Gasteiger partial charge in [0, 0.05) is 12.8 Å². The number of β-amino-alcohol motifs (C(OH)–C–C–N with tert-alkyl or cyclic N) is 1. The molecule has 2 heterocycles. The van der Waals surface area contributed by atoms with Crippen LogP contribution in [0.3, 0.4) is 0 Å². The number of carbonyl (C=O) groups excluding carboxylic acids is 1. The zero-order chi connectivity index (χ0) is 14.9. The van der Waals surface area contributed by atoms with Gasteiger partial charge in [-0.1, -0.05) is 0 Å². The van der Waals surface area contributed by atoms with E-state index >= 15 is 0 Å². The van der Waals surface area contributed by atoms with Gasteiger partial charge in [0.25, 0.3) is 5.91 Å². The first-order valence-electron chi connectivity index (χ1n) is 6.08. The number of nitrogen functional groups attached to an aromatic ring is 2. The van der Waals surface area contributed by atoms with E-state index in [9.17, 15) is 9.90 Å². The summed E-state index contributed by atoms with van der Waals surface area (Å²) in [6.45, 7) is 0.533. The van der Waals surface area contributed by atoms with Gasteiger partial charge in [0.15, 0.2) is 5.60 Å². The molecule has 1 aromatic rings. The Labute approximate surface area is 115 Å². The smallest absolute Gasteiger partial charge is 0.251 e. The predicted molar refractivity (Wildman–Crippen MR) is 74.3 cm³/mol. The van der Waals surface area contributed by atoms with Gasteiger partial charge in [0.1, 0.15) is 11.6 Å². The molecule has 0 radical (unpaired) electrons. The molecule has 1 aliphatic rings. The summed E-state index contributed by atoms with van der Waals surface area (Å²) in [6.07, 6.45) is 1.86. The van der Waals surface area contributed by atoms with Gasteiger partial charge >= 0.3 is 0 Å². The average Bonchev–Trinajstić information content (AvgIpc) is 2.37. The van der Waals surface area contributed by atoms with Crippen molar-refractivity contribution in [2.24, 2.45) is 5.73 Å². The van der Waals surface area contributed by atoms with Crippen LogP contribution in [0.5, 0.6) is 0 Å². The van der Waals surface area contributed by atoms with E-state index in [4.69, 9.17) is 22.6 Å². The number of amides is 1. The van der Waals surface area contributed by atoms with Gasteiger partial charge in [0.05, 0.1) is 12.1 Å². The summed E-state index contributed by atoms with van der Waals surface area (Å²) in [5, 5.41) is 17.6. The Kier molecular flexibility index (Phi) is 3.45. The summed E-state index contributed by atoms with van der Waals surface area (Å²) in [7, 11) is 0. The number of aromatic nitrogens is 2. The average molecular weight is 279 g/mol. The number of hydrogen-bond acceptors (Lipinski definition) is 8. The Balaban J connectivity index is 2.41. The summed E-state index contributed by atoms with van der Waals surface area (Å²) in [6, 6.07) is 0. The summed E-state index contributed by atoms with van der Waals surface area (Å²) in [5.74, 6) is -0.412. The van der Waals surface area contributed by atoms with E-state index in [0.717, 1.165) is 6.21 Å². The fourth-order valence-electron chi connectivity index (χ4n) is 2.29. The van der Waals surface area contributed by atoms with Crippen LogP contribution in [0.15, 0.2) is 0 Å². The lowest BCUT2D eigenvalue weighted by atomic mass is 9.92.